The molecule has 1 aromatic heterocycles. The van der Waals surface area contributed by atoms with Crippen molar-refractivity contribution in [1.29, 1.82) is 0 Å². The molecule has 0 amide bonds. The summed E-state index contributed by atoms with van der Waals surface area (Å²) in [5.74, 6) is 1.64. The quantitative estimate of drug-likeness (QED) is 0.655. The van der Waals surface area contributed by atoms with Crippen LogP contribution in [0.3, 0.4) is 0 Å². The lowest BCUT2D eigenvalue weighted by atomic mass is 10.0. The van der Waals surface area contributed by atoms with Gasteiger partial charge in [0.15, 0.2) is 0 Å². The van der Waals surface area contributed by atoms with Gasteiger partial charge >= 0.3 is 0 Å². The van der Waals surface area contributed by atoms with Crippen molar-refractivity contribution in [3.63, 3.8) is 0 Å². The Morgan fingerprint density at radius 3 is 2.26 bits per heavy atom. The molecule has 2 aromatic carbocycles. The van der Waals surface area contributed by atoms with Crippen LogP contribution in [0.5, 0.6) is 0 Å². The van der Waals surface area contributed by atoms with Crippen LogP contribution in [-0.2, 0) is 6.42 Å². The molecule has 0 fully saturated rings. The fourth-order valence-electron chi connectivity index (χ4n) is 2.42. The highest BCUT2D eigenvalue weighted by Crippen LogP contribution is 2.23. The van der Waals surface area contributed by atoms with Gasteiger partial charge in [-0.05, 0) is 30.0 Å². The van der Waals surface area contributed by atoms with Crippen LogP contribution in [0.1, 0.15) is 29.8 Å². The third-order valence-electron chi connectivity index (χ3n) is 3.58. The molecule has 0 saturated carbocycles. The summed E-state index contributed by atoms with van der Waals surface area (Å²) in [5, 5.41) is 4.01. The fourth-order valence-corrected chi connectivity index (χ4v) is 2.42. The summed E-state index contributed by atoms with van der Waals surface area (Å²) in [6.07, 6.45) is 1.86. The first-order valence-electron chi connectivity index (χ1n) is 7.64. The van der Waals surface area contributed by atoms with E-state index in [-0.39, 0.29) is 0 Å². The van der Waals surface area contributed by atoms with E-state index in [1.165, 1.54) is 5.56 Å². The zero-order valence-corrected chi connectivity index (χ0v) is 13.2. The van der Waals surface area contributed by atoms with Crippen LogP contribution < -0.4 is 0 Å². The van der Waals surface area contributed by atoms with E-state index in [2.05, 4.69) is 36.1 Å². The van der Waals surface area contributed by atoms with Crippen LogP contribution in [0.2, 0.25) is 0 Å². The number of rotatable bonds is 5. The Morgan fingerprint density at radius 2 is 1.65 bits per heavy atom. The minimum absolute atomic E-state index is 0.496. The molecule has 0 aliphatic rings. The molecule has 0 aliphatic carbocycles. The van der Waals surface area contributed by atoms with Gasteiger partial charge in [0.05, 0.1) is 0 Å². The first-order chi connectivity index (χ1) is 11.2. The van der Waals surface area contributed by atoms with E-state index >= 15 is 0 Å². The zero-order chi connectivity index (χ0) is 16.2. The predicted octanol–water partition coefficient (Wildman–Crippen LogP) is 4.41. The van der Waals surface area contributed by atoms with Gasteiger partial charge in [-0.2, -0.15) is 4.98 Å². The summed E-state index contributed by atoms with van der Waals surface area (Å²) in [4.78, 5) is 15.1. The predicted molar refractivity (Wildman–Crippen MR) is 89.1 cm³/mol. The van der Waals surface area contributed by atoms with Crippen LogP contribution in [0.15, 0.2) is 53.1 Å². The molecule has 1 heterocycles. The van der Waals surface area contributed by atoms with Crippen LogP contribution in [0, 0.1) is 5.92 Å². The van der Waals surface area contributed by atoms with E-state index in [0.29, 0.717) is 23.2 Å². The monoisotopic (exact) mass is 306 g/mol. The molecule has 0 unspecified atom stereocenters. The molecule has 0 radical (unpaired) electrons. The normalized spacial score (nSPS) is 10.9. The Balaban J connectivity index is 1.81. The number of nitrogens with zero attached hydrogens (tertiary/aromatic N) is 2. The van der Waals surface area contributed by atoms with Crippen molar-refractivity contribution >= 4 is 6.29 Å². The molecule has 4 nitrogen and oxygen atoms in total. The van der Waals surface area contributed by atoms with E-state index in [0.717, 1.165) is 23.8 Å². The van der Waals surface area contributed by atoms with E-state index in [4.69, 9.17) is 4.52 Å². The molecular formula is C19H18N2O2. The topological polar surface area (TPSA) is 56.0 Å². The average molecular weight is 306 g/mol. The molecule has 0 atom stereocenters. The number of benzene rings is 2. The fraction of sp³-hybridized carbons (Fsp3) is 0.211. The molecule has 23 heavy (non-hydrogen) atoms. The van der Waals surface area contributed by atoms with Crippen molar-refractivity contribution in [1.82, 2.24) is 10.1 Å². The maximum atomic E-state index is 10.7. The van der Waals surface area contributed by atoms with Crippen LogP contribution in [0.25, 0.3) is 22.8 Å². The van der Waals surface area contributed by atoms with E-state index < -0.39 is 0 Å². The van der Waals surface area contributed by atoms with Crippen molar-refractivity contribution in [3.8, 4) is 22.8 Å². The molecule has 4 heteroatoms. The van der Waals surface area contributed by atoms with Crippen LogP contribution >= 0.6 is 0 Å². The lowest BCUT2D eigenvalue weighted by Gasteiger charge is -2.04. The second kappa shape index (κ2) is 6.57. The number of aldehydes is 1. The Bertz CT molecular complexity index is 787. The largest absolute Gasteiger partial charge is 0.334 e. The third-order valence-corrected chi connectivity index (χ3v) is 3.58. The summed E-state index contributed by atoms with van der Waals surface area (Å²) in [6.45, 7) is 4.40. The highest BCUT2D eigenvalue weighted by molar-refractivity contribution is 5.76. The molecule has 0 saturated heterocycles. The molecule has 116 valence electrons. The summed E-state index contributed by atoms with van der Waals surface area (Å²) in [7, 11) is 0. The smallest absolute Gasteiger partial charge is 0.258 e. The summed E-state index contributed by atoms with van der Waals surface area (Å²) < 4.78 is 5.35. The standard InChI is InChI=1S/C19H18N2O2/c1-13(2)11-14-3-9-17(10-4-14)19-20-18(21-23-19)16-7-5-15(12-22)6-8-16/h3-10,12-13H,11H2,1-2H3. The molecule has 0 aliphatic heterocycles. The SMILES string of the molecule is CC(C)Cc1ccc(-c2nc(-c3ccc(C=O)cc3)no2)cc1. The second-order valence-electron chi connectivity index (χ2n) is 5.96. The zero-order valence-electron chi connectivity index (χ0n) is 13.2. The van der Waals surface area contributed by atoms with Crippen molar-refractivity contribution in [2.45, 2.75) is 20.3 Å². The summed E-state index contributed by atoms with van der Waals surface area (Å²) in [6, 6.07) is 15.3. The maximum Gasteiger partial charge on any atom is 0.258 e. The Morgan fingerprint density at radius 1 is 1.00 bits per heavy atom. The molecule has 0 bridgehead atoms. The van der Waals surface area contributed by atoms with Crippen LogP contribution in [-0.4, -0.2) is 16.4 Å². The molecule has 3 rings (SSSR count). The Hall–Kier alpha value is -2.75. The van der Waals surface area contributed by atoms with Gasteiger partial charge in [0, 0.05) is 16.7 Å². The molecule has 0 spiro atoms. The van der Waals surface area contributed by atoms with Gasteiger partial charge in [0.1, 0.15) is 6.29 Å². The van der Waals surface area contributed by atoms with Gasteiger partial charge in [-0.1, -0.05) is 55.4 Å². The van der Waals surface area contributed by atoms with Crippen LogP contribution in [0.4, 0.5) is 0 Å². The molecule has 0 N–H and O–H groups in total. The lowest BCUT2D eigenvalue weighted by Crippen LogP contribution is -1.93. The second-order valence-corrected chi connectivity index (χ2v) is 5.96. The average Bonchev–Trinajstić information content (AvgIpc) is 3.05. The molecular weight excluding hydrogens is 288 g/mol. The lowest BCUT2D eigenvalue weighted by molar-refractivity contribution is 0.112. The van der Waals surface area contributed by atoms with E-state index in [1.807, 2.05) is 24.3 Å². The third kappa shape index (κ3) is 3.54. The van der Waals surface area contributed by atoms with Gasteiger partial charge in [-0.3, -0.25) is 4.79 Å². The van der Waals surface area contributed by atoms with Gasteiger partial charge in [-0.15, -0.1) is 0 Å². The van der Waals surface area contributed by atoms with Crippen molar-refractivity contribution in [2.24, 2.45) is 5.92 Å². The number of aromatic nitrogens is 2. The maximum absolute atomic E-state index is 10.7. The Labute approximate surface area is 135 Å². The van der Waals surface area contributed by atoms with Gasteiger partial charge in [0.25, 0.3) is 5.89 Å². The first-order valence-corrected chi connectivity index (χ1v) is 7.64. The highest BCUT2D eigenvalue weighted by atomic mass is 16.5. The minimum atomic E-state index is 0.496. The molecule has 3 aromatic rings. The minimum Gasteiger partial charge on any atom is -0.334 e. The first kappa shape index (κ1) is 15.2. The van der Waals surface area contributed by atoms with E-state index in [9.17, 15) is 4.79 Å². The number of carbonyl (C=O) groups is 1. The number of carbonyl (C=O) groups excluding carboxylic acids is 1. The summed E-state index contributed by atoms with van der Waals surface area (Å²) >= 11 is 0. The van der Waals surface area contributed by atoms with Gasteiger partial charge in [0.2, 0.25) is 5.82 Å². The van der Waals surface area contributed by atoms with Crippen molar-refractivity contribution in [2.75, 3.05) is 0 Å². The summed E-state index contributed by atoms with van der Waals surface area (Å²) in [5.41, 5.74) is 3.65. The van der Waals surface area contributed by atoms with Crippen molar-refractivity contribution in [3.05, 3.63) is 59.7 Å². The van der Waals surface area contributed by atoms with Gasteiger partial charge in [-0.25, -0.2) is 0 Å². The number of hydrogen-bond donors (Lipinski definition) is 0. The number of hydrogen-bond acceptors (Lipinski definition) is 4. The van der Waals surface area contributed by atoms with Gasteiger partial charge < -0.3 is 4.52 Å². The highest BCUT2D eigenvalue weighted by Gasteiger charge is 2.10. The van der Waals surface area contributed by atoms with E-state index in [1.54, 1.807) is 12.1 Å². The Kier molecular flexibility index (Phi) is 4.33. The van der Waals surface area contributed by atoms with Crippen molar-refractivity contribution < 1.29 is 9.32 Å².